The van der Waals surface area contributed by atoms with Gasteiger partial charge in [0.2, 0.25) is 0 Å². The average molecular weight is 469 g/mol. The molecule has 1 atom stereocenters. The van der Waals surface area contributed by atoms with E-state index >= 15 is 0 Å². The number of pyridine rings is 2. The van der Waals surface area contributed by atoms with Gasteiger partial charge in [0.05, 0.1) is 29.3 Å². The molecule has 2 fully saturated rings. The van der Waals surface area contributed by atoms with Crippen molar-refractivity contribution in [3.63, 3.8) is 0 Å². The maximum absolute atomic E-state index is 6.64. The van der Waals surface area contributed by atoms with Crippen molar-refractivity contribution in [2.75, 3.05) is 41.7 Å². The molecule has 2 aliphatic heterocycles. The number of rotatable bonds is 4. The molecule has 0 bridgehead atoms. The van der Waals surface area contributed by atoms with Crippen LogP contribution < -0.4 is 21.3 Å². The number of aromatic nitrogens is 4. The molecule has 5 rings (SSSR count). The van der Waals surface area contributed by atoms with Crippen molar-refractivity contribution < 1.29 is 0 Å². The molecule has 1 spiro atoms. The molecule has 0 aliphatic carbocycles. The Bertz CT molecular complexity index is 1070. The summed E-state index contributed by atoms with van der Waals surface area (Å²) in [5.41, 5.74) is 13.7. The van der Waals surface area contributed by atoms with Gasteiger partial charge >= 0.3 is 0 Å². The third-order valence-corrected chi connectivity index (χ3v) is 8.00. The summed E-state index contributed by atoms with van der Waals surface area (Å²) in [5, 5.41) is 1.21. The van der Waals surface area contributed by atoms with E-state index in [-0.39, 0.29) is 11.5 Å². The zero-order valence-electron chi connectivity index (χ0n) is 17.6. The molecular weight excluding hydrogens is 444 g/mol. The second-order valence-electron chi connectivity index (χ2n) is 8.37. The van der Waals surface area contributed by atoms with Crippen LogP contribution in [0.4, 0.5) is 17.3 Å². The van der Waals surface area contributed by atoms with Crippen molar-refractivity contribution in [1.82, 2.24) is 19.9 Å². The molecular formula is C22H25ClN8S. The number of halogens is 1. The van der Waals surface area contributed by atoms with E-state index in [4.69, 9.17) is 23.1 Å². The van der Waals surface area contributed by atoms with Crippen LogP contribution in [0.2, 0.25) is 5.02 Å². The zero-order valence-corrected chi connectivity index (χ0v) is 19.1. The van der Waals surface area contributed by atoms with Gasteiger partial charge in [-0.05, 0) is 31.0 Å². The van der Waals surface area contributed by atoms with E-state index in [0.717, 1.165) is 60.4 Å². The number of hydrogen-bond acceptors (Lipinski definition) is 9. The maximum atomic E-state index is 6.64. The number of anilines is 3. The summed E-state index contributed by atoms with van der Waals surface area (Å²) >= 11 is 7.66. The molecule has 5 heterocycles. The Morgan fingerprint density at radius 1 is 1.03 bits per heavy atom. The molecule has 8 nitrogen and oxygen atoms in total. The number of nitrogen functional groups attached to an aromatic ring is 1. The normalized spacial score (nSPS) is 20.1. The smallest absolute Gasteiger partial charge is 0.147 e. The van der Waals surface area contributed by atoms with Gasteiger partial charge in [-0.1, -0.05) is 23.4 Å². The Kier molecular flexibility index (Phi) is 5.79. The highest BCUT2D eigenvalue weighted by molar-refractivity contribution is 7.99. The van der Waals surface area contributed by atoms with E-state index in [0.29, 0.717) is 10.8 Å². The number of nitrogens with two attached hydrogens (primary N) is 2. The van der Waals surface area contributed by atoms with Crippen molar-refractivity contribution >= 4 is 40.7 Å². The van der Waals surface area contributed by atoms with Gasteiger partial charge in [0.25, 0.3) is 0 Å². The van der Waals surface area contributed by atoms with Gasteiger partial charge < -0.3 is 21.3 Å². The predicted octanol–water partition coefficient (Wildman–Crippen LogP) is 3.09. The molecule has 2 aliphatic rings. The molecule has 0 unspecified atom stereocenters. The fourth-order valence-electron chi connectivity index (χ4n) is 4.60. The number of hydrogen-bond donors (Lipinski definition) is 2. The van der Waals surface area contributed by atoms with E-state index in [1.165, 1.54) is 11.8 Å². The minimum atomic E-state index is 0.133. The van der Waals surface area contributed by atoms with Crippen LogP contribution in [0.1, 0.15) is 12.8 Å². The third kappa shape index (κ3) is 4.07. The van der Waals surface area contributed by atoms with Crippen molar-refractivity contribution in [2.24, 2.45) is 11.1 Å². The Labute approximate surface area is 196 Å². The molecule has 3 aromatic heterocycles. The van der Waals surface area contributed by atoms with E-state index in [1.54, 1.807) is 18.6 Å². The van der Waals surface area contributed by atoms with Gasteiger partial charge in [-0.15, -0.1) is 0 Å². The van der Waals surface area contributed by atoms with Gasteiger partial charge in [-0.3, -0.25) is 4.98 Å². The topological polar surface area (TPSA) is 110 Å². The largest absolute Gasteiger partial charge is 0.382 e. The van der Waals surface area contributed by atoms with Crippen LogP contribution in [-0.2, 0) is 0 Å². The second kappa shape index (κ2) is 8.73. The Morgan fingerprint density at radius 2 is 1.88 bits per heavy atom. The molecule has 32 heavy (non-hydrogen) atoms. The SMILES string of the molecule is Nc1nccc(Sc2cnc(N3CCC4(CC3)CN(c3cccnc3)C[C@H]4N)cn2)c1Cl. The fraction of sp³-hybridized carbons (Fsp3) is 0.364. The van der Waals surface area contributed by atoms with Gasteiger partial charge in [-0.2, -0.15) is 0 Å². The molecule has 0 saturated carbocycles. The average Bonchev–Trinajstić information content (AvgIpc) is 3.14. The molecule has 3 aromatic rings. The van der Waals surface area contributed by atoms with Crippen molar-refractivity contribution in [3.05, 3.63) is 54.2 Å². The van der Waals surface area contributed by atoms with Crippen molar-refractivity contribution in [2.45, 2.75) is 28.8 Å². The Morgan fingerprint density at radius 3 is 2.59 bits per heavy atom. The quantitative estimate of drug-likeness (QED) is 0.596. The monoisotopic (exact) mass is 468 g/mol. The minimum Gasteiger partial charge on any atom is -0.382 e. The predicted molar refractivity (Wildman–Crippen MR) is 128 cm³/mol. The van der Waals surface area contributed by atoms with Crippen LogP contribution >= 0.6 is 23.4 Å². The Hall–Kier alpha value is -2.62. The van der Waals surface area contributed by atoms with Crippen LogP contribution in [-0.4, -0.2) is 52.2 Å². The lowest BCUT2D eigenvalue weighted by Gasteiger charge is -2.41. The van der Waals surface area contributed by atoms with E-state index in [1.807, 2.05) is 24.5 Å². The number of nitrogens with zero attached hydrogens (tertiary/aromatic N) is 6. The Balaban J connectivity index is 1.22. The minimum absolute atomic E-state index is 0.133. The first-order valence-electron chi connectivity index (χ1n) is 10.6. The first-order valence-corrected chi connectivity index (χ1v) is 11.8. The summed E-state index contributed by atoms with van der Waals surface area (Å²) < 4.78 is 0. The standard InChI is InChI=1S/C22H25ClN8S/c23-20-16(3-7-27-21(20)25)32-19-12-28-18(11-29-19)30-8-4-22(5-9-30)14-31(13-17(22)24)15-2-1-6-26-10-15/h1-3,6-7,10-12,17H,4-5,8-9,13-14,24H2,(H2,25,27)/t17-/m1/s1. The molecule has 4 N–H and O–H groups in total. The van der Waals surface area contributed by atoms with E-state index < -0.39 is 0 Å². The van der Waals surface area contributed by atoms with Crippen LogP contribution in [0.5, 0.6) is 0 Å². The first kappa shape index (κ1) is 21.2. The van der Waals surface area contributed by atoms with E-state index in [2.05, 4.69) is 35.8 Å². The maximum Gasteiger partial charge on any atom is 0.147 e. The van der Waals surface area contributed by atoms with Crippen LogP contribution in [0.15, 0.2) is 59.1 Å². The second-order valence-corrected chi connectivity index (χ2v) is 9.81. The lowest BCUT2D eigenvalue weighted by atomic mass is 9.75. The highest BCUT2D eigenvalue weighted by Gasteiger charge is 2.46. The molecule has 10 heteroatoms. The summed E-state index contributed by atoms with van der Waals surface area (Å²) in [5.74, 6) is 1.20. The summed E-state index contributed by atoms with van der Waals surface area (Å²) in [6.07, 6.45) is 11.0. The van der Waals surface area contributed by atoms with Crippen LogP contribution in [0, 0.1) is 5.41 Å². The molecule has 2 saturated heterocycles. The van der Waals surface area contributed by atoms with Gasteiger partial charge in [-0.25, -0.2) is 15.0 Å². The van der Waals surface area contributed by atoms with Crippen molar-refractivity contribution in [3.8, 4) is 0 Å². The lowest BCUT2D eigenvalue weighted by Crippen LogP contribution is -2.49. The summed E-state index contributed by atoms with van der Waals surface area (Å²) in [4.78, 5) is 23.0. The summed E-state index contributed by atoms with van der Waals surface area (Å²) in [6.45, 7) is 3.69. The van der Waals surface area contributed by atoms with Crippen LogP contribution in [0.3, 0.4) is 0 Å². The highest BCUT2D eigenvalue weighted by atomic mass is 35.5. The molecule has 0 amide bonds. The molecule has 0 radical (unpaired) electrons. The summed E-state index contributed by atoms with van der Waals surface area (Å²) in [7, 11) is 0. The van der Waals surface area contributed by atoms with Gasteiger partial charge in [0.1, 0.15) is 16.7 Å². The zero-order chi connectivity index (χ0) is 22.1. The first-order chi connectivity index (χ1) is 15.5. The number of piperidine rings is 1. The summed E-state index contributed by atoms with van der Waals surface area (Å²) in [6, 6.07) is 6.07. The van der Waals surface area contributed by atoms with Crippen molar-refractivity contribution in [1.29, 1.82) is 0 Å². The van der Waals surface area contributed by atoms with Gasteiger partial charge in [0, 0.05) is 54.9 Å². The fourth-order valence-corrected chi connectivity index (χ4v) is 5.59. The van der Waals surface area contributed by atoms with Gasteiger partial charge in [0.15, 0.2) is 0 Å². The van der Waals surface area contributed by atoms with Crippen LogP contribution in [0.25, 0.3) is 0 Å². The third-order valence-electron chi connectivity index (χ3n) is 6.51. The lowest BCUT2D eigenvalue weighted by molar-refractivity contribution is 0.220. The molecule has 0 aromatic carbocycles. The van der Waals surface area contributed by atoms with E-state index in [9.17, 15) is 0 Å². The molecule has 166 valence electrons. The highest BCUT2D eigenvalue weighted by Crippen LogP contribution is 2.42.